The van der Waals surface area contributed by atoms with Crippen LogP contribution in [0, 0.1) is 19.8 Å². The standard InChI is InChI=1S/C36H40N6O3S/c1-5-26-18-33-35(10-8-16-38-33)46(44,45)41(22-26)23-29-19-28(12-11-24(29)3)32(20-30(43)17-27-9-7-15-37-21-27)31-13-14-34-36(25(31)4)39-40-42(34)6-2/h7-16,19,21,26,32H,5-6,17-18,20,22-23H2,1-4H3/t26-,32-/m0/s1. The van der Waals surface area contributed by atoms with Gasteiger partial charge < -0.3 is 0 Å². The van der Waals surface area contributed by atoms with E-state index in [-0.39, 0.29) is 37.0 Å². The molecule has 0 unspecified atom stereocenters. The Bertz CT molecular complexity index is 1990. The molecule has 0 aliphatic carbocycles. The lowest BCUT2D eigenvalue weighted by Gasteiger charge is -2.25. The van der Waals surface area contributed by atoms with Gasteiger partial charge in [0.2, 0.25) is 10.0 Å². The Labute approximate surface area is 270 Å². The highest BCUT2D eigenvalue weighted by Gasteiger charge is 2.34. The van der Waals surface area contributed by atoms with Gasteiger partial charge in [-0.2, -0.15) is 4.31 Å². The minimum absolute atomic E-state index is 0.0989. The summed E-state index contributed by atoms with van der Waals surface area (Å²) in [7, 11) is -3.75. The molecule has 0 fully saturated rings. The van der Waals surface area contributed by atoms with Crippen LogP contribution in [0.3, 0.4) is 0 Å². The molecule has 3 aromatic heterocycles. The summed E-state index contributed by atoms with van der Waals surface area (Å²) in [6.07, 6.45) is 7.16. The predicted octanol–water partition coefficient (Wildman–Crippen LogP) is 5.97. The van der Waals surface area contributed by atoms with E-state index in [2.05, 4.69) is 45.4 Å². The third-order valence-corrected chi connectivity index (χ3v) is 11.2. The SMILES string of the molecule is CC[C@H]1Cc2ncccc2S(=O)(=O)N(Cc2cc([C@H](CC(=O)Cc3cccnc3)c3ccc4c(nnn4CC)c3C)ccc2C)C1. The lowest BCUT2D eigenvalue weighted by atomic mass is 9.82. The van der Waals surface area contributed by atoms with Crippen LogP contribution in [-0.2, 0) is 40.7 Å². The second-order valence-corrected chi connectivity index (χ2v) is 14.2. The molecule has 1 aliphatic rings. The Balaban J connectivity index is 1.40. The van der Waals surface area contributed by atoms with Gasteiger partial charge >= 0.3 is 0 Å². The first-order valence-corrected chi connectivity index (χ1v) is 17.4. The van der Waals surface area contributed by atoms with E-state index in [9.17, 15) is 13.2 Å². The van der Waals surface area contributed by atoms with Crippen LogP contribution in [0.1, 0.15) is 71.7 Å². The molecule has 238 valence electrons. The van der Waals surface area contributed by atoms with Gasteiger partial charge in [0.25, 0.3) is 0 Å². The summed E-state index contributed by atoms with van der Waals surface area (Å²) in [4.78, 5) is 22.5. The Kier molecular flexibility index (Phi) is 9.11. The number of aromatic nitrogens is 5. The smallest absolute Gasteiger partial charge is 0.245 e. The van der Waals surface area contributed by atoms with Gasteiger partial charge in [0.1, 0.15) is 16.2 Å². The maximum Gasteiger partial charge on any atom is 0.245 e. The zero-order chi connectivity index (χ0) is 32.4. The quantitative estimate of drug-likeness (QED) is 0.186. The van der Waals surface area contributed by atoms with Gasteiger partial charge in [-0.1, -0.05) is 48.9 Å². The Morgan fingerprint density at radius 3 is 2.63 bits per heavy atom. The number of carbonyl (C=O) groups is 1. The molecule has 0 bridgehead atoms. The van der Waals surface area contributed by atoms with Crippen LogP contribution in [0.25, 0.3) is 11.0 Å². The minimum Gasteiger partial charge on any atom is -0.299 e. The van der Waals surface area contributed by atoms with Crippen LogP contribution in [-0.4, -0.2) is 50.0 Å². The Morgan fingerprint density at radius 1 is 1.04 bits per heavy atom. The molecule has 4 heterocycles. The van der Waals surface area contributed by atoms with E-state index in [0.717, 1.165) is 50.8 Å². The normalized spacial score (nSPS) is 17.0. The summed E-state index contributed by atoms with van der Waals surface area (Å²) in [6.45, 7) is 9.57. The summed E-state index contributed by atoms with van der Waals surface area (Å²) in [6, 6.07) is 17.5. The maximum absolute atomic E-state index is 14.0. The molecule has 0 saturated heterocycles. The van der Waals surface area contributed by atoms with Gasteiger partial charge in [-0.05, 0) is 90.8 Å². The van der Waals surface area contributed by atoms with Gasteiger partial charge in [0.05, 0.1) is 11.2 Å². The molecule has 0 saturated carbocycles. The summed E-state index contributed by atoms with van der Waals surface area (Å²) in [5.74, 6) is 0.00811. The average Bonchev–Trinajstić information content (AvgIpc) is 3.45. The Morgan fingerprint density at radius 2 is 1.87 bits per heavy atom. The van der Waals surface area contributed by atoms with Crippen LogP contribution in [0.15, 0.2) is 78.1 Å². The monoisotopic (exact) mass is 636 g/mol. The number of aryl methyl sites for hydroxylation is 3. The number of hydrogen-bond donors (Lipinski definition) is 0. The van der Waals surface area contributed by atoms with E-state index >= 15 is 0 Å². The number of carbonyl (C=O) groups excluding carboxylic acids is 1. The van der Waals surface area contributed by atoms with Crippen molar-refractivity contribution in [3.05, 3.63) is 112 Å². The van der Waals surface area contributed by atoms with E-state index in [1.165, 1.54) is 0 Å². The number of fused-ring (bicyclic) bond motifs is 2. The van der Waals surface area contributed by atoms with Crippen molar-refractivity contribution in [2.75, 3.05) is 6.54 Å². The fraction of sp³-hybridized carbons (Fsp3) is 0.361. The van der Waals surface area contributed by atoms with E-state index in [4.69, 9.17) is 0 Å². The number of Topliss-reactive ketones (excluding diaryl/α,β-unsaturated/α-hetero) is 1. The molecular formula is C36H40N6O3S. The Hall–Kier alpha value is -4.28. The van der Waals surface area contributed by atoms with E-state index in [1.807, 2.05) is 49.7 Å². The molecule has 0 amide bonds. The van der Waals surface area contributed by atoms with Crippen LogP contribution in [0.2, 0.25) is 0 Å². The third kappa shape index (κ3) is 6.24. The highest BCUT2D eigenvalue weighted by molar-refractivity contribution is 7.89. The van der Waals surface area contributed by atoms with Gasteiger partial charge in [-0.3, -0.25) is 14.8 Å². The van der Waals surface area contributed by atoms with E-state index < -0.39 is 10.0 Å². The number of hydrogen-bond acceptors (Lipinski definition) is 7. The van der Waals surface area contributed by atoms with Crippen molar-refractivity contribution in [1.29, 1.82) is 0 Å². The van der Waals surface area contributed by atoms with E-state index in [1.54, 1.807) is 35.0 Å². The molecular weight excluding hydrogens is 597 g/mol. The summed E-state index contributed by atoms with van der Waals surface area (Å²) < 4.78 is 31.4. The summed E-state index contributed by atoms with van der Waals surface area (Å²) >= 11 is 0. The summed E-state index contributed by atoms with van der Waals surface area (Å²) in [5.41, 5.74) is 8.18. The zero-order valence-corrected chi connectivity index (χ0v) is 27.7. The third-order valence-electron chi connectivity index (χ3n) is 9.32. The lowest BCUT2D eigenvalue weighted by molar-refractivity contribution is -0.118. The van der Waals surface area contributed by atoms with Gasteiger partial charge in [-0.25, -0.2) is 13.1 Å². The molecule has 0 radical (unpaired) electrons. The van der Waals surface area contributed by atoms with Crippen molar-refractivity contribution in [1.82, 2.24) is 29.3 Å². The van der Waals surface area contributed by atoms with E-state index in [0.29, 0.717) is 30.1 Å². The molecule has 1 aliphatic heterocycles. The molecule has 0 N–H and O–H groups in total. The van der Waals surface area contributed by atoms with Crippen molar-refractivity contribution in [3.63, 3.8) is 0 Å². The number of sulfonamides is 1. The van der Waals surface area contributed by atoms with Crippen molar-refractivity contribution < 1.29 is 13.2 Å². The molecule has 0 spiro atoms. The summed E-state index contributed by atoms with van der Waals surface area (Å²) in [5, 5.41) is 8.81. The fourth-order valence-electron chi connectivity index (χ4n) is 6.60. The van der Waals surface area contributed by atoms with Gasteiger partial charge in [-0.15, -0.1) is 5.10 Å². The highest BCUT2D eigenvalue weighted by atomic mass is 32.2. The van der Waals surface area contributed by atoms with Crippen LogP contribution in [0.4, 0.5) is 0 Å². The minimum atomic E-state index is -3.75. The van der Waals surface area contributed by atoms with Crippen molar-refractivity contribution in [2.24, 2.45) is 5.92 Å². The molecule has 5 aromatic rings. The second-order valence-electron chi connectivity index (χ2n) is 12.3. The number of ketones is 1. The van der Waals surface area contributed by atoms with Crippen LogP contribution < -0.4 is 0 Å². The molecule has 46 heavy (non-hydrogen) atoms. The molecule has 2 atom stereocenters. The molecule has 6 rings (SSSR count). The average molecular weight is 637 g/mol. The number of rotatable bonds is 10. The highest BCUT2D eigenvalue weighted by Crippen LogP contribution is 2.36. The molecule has 9 nitrogen and oxygen atoms in total. The number of pyridine rings is 2. The van der Waals surface area contributed by atoms with Gasteiger partial charge in [0, 0.05) is 57.0 Å². The zero-order valence-electron chi connectivity index (χ0n) is 26.8. The lowest BCUT2D eigenvalue weighted by Crippen LogP contribution is -2.33. The predicted molar refractivity (Wildman–Crippen MR) is 178 cm³/mol. The van der Waals surface area contributed by atoms with Crippen LogP contribution >= 0.6 is 0 Å². The fourth-order valence-corrected chi connectivity index (χ4v) is 8.28. The van der Waals surface area contributed by atoms with Crippen molar-refractivity contribution in [2.45, 2.75) is 77.3 Å². The van der Waals surface area contributed by atoms with Crippen molar-refractivity contribution >= 4 is 26.8 Å². The largest absolute Gasteiger partial charge is 0.299 e. The van der Waals surface area contributed by atoms with Crippen LogP contribution in [0.5, 0.6) is 0 Å². The first-order chi connectivity index (χ1) is 22.2. The second kappa shape index (κ2) is 13.2. The molecule has 2 aromatic carbocycles. The number of benzene rings is 2. The van der Waals surface area contributed by atoms with Crippen molar-refractivity contribution in [3.8, 4) is 0 Å². The number of nitrogens with zero attached hydrogens (tertiary/aromatic N) is 6. The van der Waals surface area contributed by atoms with Gasteiger partial charge in [0.15, 0.2) is 0 Å². The molecule has 10 heteroatoms. The topological polar surface area (TPSA) is 111 Å². The maximum atomic E-state index is 14.0. The first kappa shape index (κ1) is 31.7. The first-order valence-electron chi connectivity index (χ1n) is 16.0.